The van der Waals surface area contributed by atoms with Crippen LogP contribution in [0.4, 0.5) is 23.7 Å². The fourth-order valence-corrected chi connectivity index (χ4v) is 3.08. The van der Waals surface area contributed by atoms with Gasteiger partial charge in [0.1, 0.15) is 0 Å². The summed E-state index contributed by atoms with van der Waals surface area (Å²) in [6, 6.07) is 3.57. The second-order valence-corrected chi connectivity index (χ2v) is 6.54. The maximum atomic E-state index is 12.7. The lowest BCUT2D eigenvalue weighted by Gasteiger charge is -2.23. The van der Waals surface area contributed by atoms with Crippen LogP contribution >= 0.6 is 0 Å². The van der Waals surface area contributed by atoms with Crippen LogP contribution in [0.15, 0.2) is 36.7 Å². The molecule has 2 heterocycles. The number of hydrogen-bond donors (Lipinski definition) is 4. The standard InChI is InChI=1S/C18H20F3N5O2/c19-18(20,21)11-3-5-13(6-4-11)26-9-14(15(10-26)25-17(22)28)16(27)24-12-2-1-7-23-8-12/h3-6,9-10,12,23H,1-2,7-8H2,(H,24,27)(H3,22,25,28)/t12-/m0/s1. The highest BCUT2D eigenvalue weighted by atomic mass is 19.4. The minimum absolute atomic E-state index is 0.0444. The molecule has 1 aromatic heterocycles. The van der Waals surface area contributed by atoms with Crippen molar-refractivity contribution in [3.8, 4) is 5.69 Å². The molecule has 3 rings (SSSR count). The number of nitrogens with two attached hydrogens (primary N) is 1. The molecule has 1 fully saturated rings. The van der Waals surface area contributed by atoms with Crippen molar-refractivity contribution < 1.29 is 22.8 Å². The molecule has 3 amide bonds. The van der Waals surface area contributed by atoms with Crippen LogP contribution in [-0.2, 0) is 6.18 Å². The molecule has 0 aliphatic carbocycles. The average molecular weight is 395 g/mol. The second kappa shape index (κ2) is 7.93. The predicted octanol–water partition coefficient (Wildman–Crippen LogP) is 2.47. The molecule has 0 spiro atoms. The lowest BCUT2D eigenvalue weighted by molar-refractivity contribution is -0.137. The van der Waals surface area contributed by atoms with E-state index in [0.717, 1.165) is 31.5 Å². The molecule has 1 aliphatic rings. The molecule has 0 bridgehead atoms. The van der Waals surface area contributed by atoms with Gasteiger partial charge in [-0.2, -0.15) is 13.2 Å². The number of rotatable bonds is 4. The van der Waals surface area contributed by atoms with Gasteiger partial charge in [-0.25, -0.2) is 4.79 Å². The predicted molar refractivity (Wildman–Crippen MR) is 97.3 cm³/mol. The second-order valence-electron chi connectivity index (χ2n) is 6.54. The molecule has 0 unspecified atom stereocenters. The van der Waals surface area contributed by atoms with E-state index >= 15 is 0 Å². The monoisotopic (exact) mass is 395 g/mol. The van der Waals surface area contributed by atoms with Gasteiger partial charge in [-0.1, -0.05) is 0 Å². The van der Waals surface area contributed by atoms with Crippen molar-refractivity contribution in [2.75, 3.05) is 18.4 Å². The van der Waals surface area contributed by atoms with E-state index in [9.17, 15) is 22.8 Å². The summed E-state index contributed by atoms with van der Waals surface area (Å²) in [6.07, 6.45) is 0.203. The van der Waals surface area contributed by atoms with Crippen LogP contribution < -0.4 is 21.7 Å². The third-order valence-electron chi connectivity index (χ3n) is 4.45. The van der Waals surface area contributed by atoms with Gasteiger partial charge in [0, 0.05) is 30.7 Å². The smallest absolute Gasteiger partial charge is 0.351 e. The zero-order valence-electron chi connectivity index (χ0n) is 14.8. The zero-order chi connectivity index (χ0) is 20.3. The maximum Gasteiger partial charge on any atom is 0.416 e. The van der Waals surface area contributed by atoms with E-state index in [-0.39, 0.29) is 17.3 Å². The van der Waals surface area contributed by atoms with Crippen molar-refractivity contribution in [2.45, 2.75) is 25.1 Å². The fraction of sp³-hybridized carbons (Fsp3) is 0.333. The summed E-state index contributed by atoms with van der Waals surface area (Å²) in [6.45, 7) is 1.54. The average Bonchev–Trinajstić information content (AvgIpc) is 3.05. The van der Waals surface area contributed by atoms with E-state index in [1.165, 1.54) is 29.1 Å². The van der Waals surface area contributed by atoms with Crippen LogP contribution in [0.1, 0.15) is 28.8 Å². The Bertz CT molecular complexity index is 855. The van der Waals surface area contributed by atoms with Gasteiger partial charge >= 0.3 is 12.2 Å². The van der Waals surface area contributed by atoms with Crippen molar-refractivity contribution >= 4 is 17.6 Å². The fourth-order valence-electron chi connectivity index (χ4n) is 3.08. The third kappa shape index (κ3) is 4.63. The molecule has 1 aromatic carbocycles. The molecule has 10 heteroatoms. The number of amides is 3. The molecule has 2 aromatic rings. The Morgan fingerprint density at radius 2 is 1.89 bits per heavy atom. The first-order valence-corrected chi connectivity index (χ1v) is 8.71. The van der Waals surface area contributed by atoms with Crippen molar-refractivity contribution in [1.29, 1.82) is 0 Å². The van der Waals surface area contributed by atoms with Crippen molar-refractivity contribution in [2.24, 2.45) is 5.73 Å². The Morgan fingerprint density at radius 1 is 1.18 bits per heavy atom. The number of benzene rings is 1. The summed E-state index contributed by atoms with van der Waals surface area (Å²) >= 11 is 0. The van der Waals surface area contributed by atoms with Gasteiger partial charge in [0.25, 0.3) is 5.91 Å². The number of carbonyl (C=O) groups is 2. The SMILES string of the molecule is NC(=O)Nc1cn(-c2ccc(C(F)(F)F)cc2)cc1C(=O)N[C@H]1CCCNC1. The van der Waals surface area contributed by atoms with E-state index in [2.05, 4.69) is 16.0 Å². The number of urea groups is 1. The van der Waals surface area contributed by atoms with Gasteiger partial charge in [-0.3, -0.25) is 4.79 Å². The molecule has 150 valence electrons. The highest BCUT2D eigenvalue weighted by Gasteiger charge is 2.30. The van der Waals surface area contributed by atoms with Crippen LogP contribution in [0.25, 0.3) is 5.69 Å². The topological polar surface area (TPSA) is 101 Å². The van der Waals surface area contributed by atoms with Crippen LogP contribution in [-0.4, -0.2) is 35.6 Å². The Labute approximate surface area is 159 Å². The van der Waals surface area contributed by atoms with Crippen LogP contribution in [0.5, 0.6) is 0 Å². The summed E-state index contributed by atoms with van der Waals surface area (Å²) in [5.74, 6) is -0.400. The van der Waals surface area contributed by atoms with Gasteiger partial charge in [0.2, 0.25) is 0 Å². The highest BCUT2D eigenvalue weighted by Crippen LogP contribution is 2.30. The van der Waals surface area contributed by atoms with Gasteiger partial charge in [-0.05, 0) is 43.7 Å². The van der Waals surface area contributed by atoms with Crippen molar-refractivity contribution in [3.05, 3.63) is 47.8 Å². The molecule has 0 radical (unpaired) electrons. The minimum Gasteiger partial charge on any atom is -0.351 e. The van der Waals surface area contributed by atoms with Crippen molar-refractivity contribution in [1.82, 2.24) is 15.2 Å². The highest BCUT2D eigenvalue weighted by molar-refractivity contribution is 6.03. The number of halogens is 3. The van der Waals surface area contributed by atoms with Gasteiger partial charge in [-0.15, -0.1) is 0 Å². The number of alkyl halides is 3. The van der Waals surface area contributed by atoms with Crippen molar-refractivity contribution in [3.63, 3.8) is 0 Å². The first kappa shape index (κ1) is 19.7. The molecule has 1 aliphatic heterocycles. The number of carbonyl (C=O) groups excluding carboxylic acids is 2. The lowest BCUT2D eigenvalue weighted by Crippen LogP contribution is -2.45. The zero-order valence-corrected chi connectivity index (χ0v) is 14.8. The van der Waals surface area contributed by atoms with Gasteiger partial charge in [0.05, 0.1) is 16.8 Å². The van der Waals surface area contributed by atoms with E-state index in [4.69, 9.17) is 5.73 Å². The molecular formula is C18H20F3N5O2. The number of primary amides is 1. The number of piperidine rings is 1. The summed E-state index contributed by atoms with van der Waals surface area (Å²) in [4.78, 5) is 23.9. The van der Waals surface area contributed by atoms with Crippen LogP contribution in [0, 0.1) is 0 Å². The molecule has 28 heavy (non-hydrogen) atoms. The van der Waals surface area contributed by atoms with Crippen LogP contribution in [0.2, 0.25) is 0 Å². The minimum atomic E-state index is -4.44. The van der Waals surface area contributed by atoms with Crippen LogP contribution in [0.3, 0.4) is 0 Å². The Hall–Kier alpha value is -3.01. The summed E-state index contributed by atoms with van der Waals surface area (Å²) in [5, 5.41) is 8.45. The lowest BCUT2D eigenvalue weighted by atomic mass is 10.1. The molecular weight excluding hydrogens is 375 g/mol. The molecule has 1 saturated heterocycles. The third-order valence-corrected chi connectivity index (χ3v) is 4.45. The molecule has 1 atom stereocenters. The summed E-state index contributed by atoms with van der Waals surface area (Å²) in [5.41, 5.74) is 5.14. The number of anilines is 1. The largest absolute Gasteiger partial charge is 0.416 e. The molecule has 7 nitrogen and oxygen atoms in total. The maximum absolute atomic E-state index is 12.7. The molecule has 5 N–H and O–H groups in total. The quantitative estimate of drug-likeness (QED) is 0.640. The Morgan fingerprint density at radius 3 is 2.46 bits per heavy atom. The normalized spacial score (nSPS) is 17.2. The number of nitrogens with one attached hydrogen (secondary N) is 3. The Balaban J connectivity index is 1.86. The number of aromatic nitrogens is 1. The number of nitrogens with zero attached hydrogens (tertiary/aromatic N) is 1. The van der Waals surface area contributed by atoms with E-state index in [1.807, 2.05) is 0 Å². The number of hydrogen-bond acceptors (Lipinski definition) is 3. The summed E-state index contributed by atoms with van der Waals surface area (Å²) in [7, 11) is 0. The molecule has 0 saturated carbocycles. The van der Waals surface area contributed by atoms with Gasteiger partial charge in [0.15, 0.2) is 0 Å². The van der Waals surface area contributed by atoms with Gasteiger partial charge < -0.3 is 26.3 Å². The Kier molecular flexibility index (Phi) is 5.59. The van der Waals surface area contributed by atoms with E-state index in [0.29, 0.717) is 12.2 Å². The first-order valence-electron chi connectivity index (χ1n) is 8.71. The first-order chi connectivity index (χ1) is 13.2. The summed E-state index contributed by atoms with van der Waals surface area (Å²) < 4.78 is 39.7. The van der Waals surface area contributed by atoms with E-state index < -0.39 is 23.7 Å². The van der Waals surface area contributed by atoms with E-state index in [1.54, 1.807) is 0 Å².